The van der Waals surface area contributed by atoms with Gasteiger partial charge < -0.3 is 5.73 Å². The molecule has 0 aliphatic rings. The minimum Gasteiger partial charge on any atom is -0.389 e. The molecule has 0 saturated carbocycles. The van der Waals surface area contributed by atoms with Gasteiger partial charge >= 0.3 is 0 Å². The first-order valence-electron chi connectivity index (χ1n) is 3.51. The first kappa shape index (κ1) is 8.68. The molecule has 0 atom stereocenters. The van der Waals surface area contributed by atoms with Gasteiger partial charge in [0.25, 0.3) is 0 Å². The van der Waals surface area contributed by atoms with E-state index < -0.39 is 0 Å². The average molecular weight is 185 g/mol. The lowest BCUT2D eigenvalue weighted by atomic mass is 10.2. The number of thiocarbonyl (C=S) groups is 1. The Hall–Kier alpha value is -0.410. The highest BCUT2D eigenvalue weighted by atomic mass is 32.1. The third-order valence-electron chi connectivity index (χ3n) is 1.44. The number of nitrogens with two attached hydrogens (primary N) is 1. The summed E-state index contributed by atoms with van der Waals surface area (Å²) in [6, 6.07) is 4.08. The molecule has 0 bridgehead atoms. The average Bonchev–Trinajstić information content (AvgIpc) is 2.33. The van der Waals surface area contributed by atoms with Crippen LogP contribution in [0.3, 0.4) is 0 Å². The number of hydrogen-bond donors (Lipinski definition) is 1. The molecule has 0 radical (unpaired) electrons. The Kier molecular flexibility index (Phi) is 2.62. The summed E-state index contributed by atoms with van der Waals surface area (Å²) in [5.41, 5.74) is 5.47. The van der Waals surface area contributed by atoms with Gasteiger partial charge in [-0.1, -0.05) is 26.1 Å². The molecular formula is C8H11NS2. The van der Waals surface area contributed by atoms with Crippen molar-refractivity contribution in [2.75, 3.05) is 0 Å². The molecule has 0 aliphatic carbocycles. The van der Waals surface area contributed by atoms with Gasteiger partial charge in [-0.15, -0.1) is 11.3 Å². The predicted octanol–water partition coefficient (Wildman–Crippen LogP) is 2.51. The van der Waals surface area contributed by atoms with E-state index in [2.05, 4.69) is 19.9 Å². The normalized spacial score (nSPS) is 10.5. The van der Waals surface area contributed by atoms with Gasteiger partial charge in [0.1, 0.15) is 4.99 Å². The van der Waals surface area contributed by atoms with Crippen LogP contribution in [0.25, 0.3) is 0 Å². The Labute approximate surface area is 76.2 Å². The zero-order chi connectivity index (χ0) is 8.43. The molecule has 0 amide bonds. The van der Waals surface area contributed by atoms with Gasteiger partial charge in [0.2, 0.25) is 0 Å². The highest BCUT2D eigenvalue weighted by Crippen LogP contribution is 2.23. The summed E-state index contributed by atoms with van der Waals surface area (Å²) in [4.78, 5) is 2.86. The third-order valence-corrected chi connectivity index (χ3v) is 3.21. The fourth-order valence-electron chi connectivity index (χ4n) is 0.796. The minimum absolute atomic E-state index is 0.502. The zero-order valence-corrected chi connectivity index (χ0v) is 8.26. The van der Waals surface area contributed by atoms with Crippen LogP contribution in [0.1, 0.15) is 29.5 Å². The maximum atomic E-state index is 5.47. The molecule has 1 aromatic rings. The van der Waals surface area contributed by atoms with Crippen molar-refractivity contribution in [1.82, 2.24) is 0 Å². The molecule has 1 heterocycles. The van der Waals surface area contributed by atoms with E-state index in [4.69, 9.17) is 18.0 Å². The largest absolute Gasteiger partial charge is 0.389 e. The van der Waals surface area contributed by atoms with Crippen molar-refractivity contribution >= 4 is 28.5 Å². The Morgan fingerprint density at radius 1 is 1.55 bits per heavy atom. The molecule has 0 aromatic carbocycles. The lowest BCUT2D eigenvalue weighted by Gasteiger charge is -1.97. The van der Waals surface area contributed by atoms with Crippen molar-refractivity contribution in [3.63, 3.8) is 0 Å². The van der Waals surface area contributed by atoms with Gasteiger partial charge in [0.05, 0.1) is 4.88 Å². The van der Waals surface area contributed by atoms with Crippen LogP contribution in [0.5, 0.6) is 0 Å². The van der Waals surface area contributed by atoms with Crippen molar-refractivity contribution in [2.24, 2.45) is 5.73 Å². The van der Waals surface area contributed by atoms with Gasteiger partial charge in [0.15, 0.2) is 0 Å². The van der Waals surface area contributed by atoms with Crippen LogP contribution >= 0.6 is 23.6 Å². The number of rotatable bonds is 2. The highest BCUT2D eigenvalue weighted by Gasteiger charge is 2.04. The minimum atomic E-state index is 0.502. The zero-order valence-electron chi connectivity index (χ0n) is 6.63. The molecule has 0 unspecified atom stereocenters. The number of thiophene rings is 1. The third kappa shape index (κ3) is 2.01. The van der Waals surface area contributed by atoms with Crippen molar-refractivity contribution < 1.29 is 0 Å². The van der Waals surface area contributed by atoms with Crippen LogP contribution in [0.4, 0.5) is 0 Å². The second-order valence-corrected chi connectivity index (χ2v) is 4.28. The van der Waals surface area contributed by atoms with Crippen molar-refractivity contribution in [3.05, 3.63) is 21.9 Å². The molecule has 0 spiro atoms. The van der Waals surface area contributed by atoms with E-state index in [1.807, 2.05) is 6.07 Å². The van der Waals surface area contributed by atoms with Gasteiger partial charge in [-0.05, 0) is 18.1 Å². The van der Waals surface area contributed by atoms with E-state index in [0.717, 1.165) is 4.88 Å². The van der Waals surface area contributed by atoms with Crippen LogP contribution in [0.2, 0.25) is 0 Å². The SMILES string of the molecule is CC(C)c1ccc(C(N)=S)s1. The van der Waals surface area contributed by atoms with Crippen LogP contribution in [-0.4, -0.2) is 4.99 Å². The van der Waals surface area contributed by atoms with E-state index in [1.165, 1.54) is 4.88 Å². The summed E-state index contributed by atoms with van der Waals surface area (Å²) < 4.78 is 0. The summed E-state index contributed by atoms with van der Waals surface area (Å²) in [6.07, 6.45) is 0. The van der Waals surface area contributed by atoms with E-state index in [9.17, 15) is 0 Å². The van der Waals surface area contributed by atoms with Gasteiger partial charge in [-0.25, -0.2) is 0 Å². The van der Waals surface area contributed by atoms with Gasteiger partial charge in [-0.2, -0.15) is 0 Å². The summed E-state index contributed by atoms with van der Waals surface area (Å²) in [5.74, 6) is 0.572. The van der Waals surface area contributed by atoms with Crippen LogP contribution < -0.4 is 5.73 Å². The van der Waals surface area contributed by atoms with Gasteiger partial charge in [-0.3, -0.25) is 0 Å². The molecule has 3 heteroatoms. The lowest BCUT2D eigenvalue weighted by molar-refractivity contribution is 0.890. The summed E-state index contributed by atoms with van der Waals surface area (Å²) >= 11 is 6.53. The quantitative estimate of drug-likeness (QED) is 0.716. The molecule has 60 valence electrons. The monoisotopic (exact) mass is 185 g/mol. The Morgan fingerprint density at radius 3 is 2.45 bits per heavy atom. The van der Waals surface area contributed by atoms with E-state index in [0.29, 0.717) is 10.9 Å². The summed E-state index contributed by atoms with van der Waals surface area (Å²) in [6.45, 7) is 4.32. The fraction of sp³-hybridized carbons (Fsp3) is 0.375. The smallest absolute Gasteiger partial charge is 0.114 e. The maximum Gasteiger partial charge on any atom is 0.114 e. The van der Waals surface area contributed by atoms with E-state index >= 15 is 0 Å². The van der Waals surface area contributed by atoms with Crippen LogP contribution in [-0.2, 0) is 0 Å². The molecule has 1 aromatic heterocycles. The first-order valence-corrected chi connectivity index (χ1v) is 4.73. The van der Waals surface area contributed by atoms with Crippen molar-refractivity contribution in [2.45, 2.75) is 19.8 Å². The molecule has 1 nitrogen and oxygen atoms in total. The first-order chi connectivity index (χ1) is 5.11. The second kappa shape index (κ2) is 3.32. The lowest BCUT2D eigenvalue weighted by Crippen LogP contribution is -2.06. The molecule has 0 fully saturated rings. The maximum absolute atomic E-state index is 5.47. The molecule has 2 N–H and O–H groups in total. The summed E-state index contributed by atoms with van der Waals surface area (Å²) in [7, 11) is 0. The Morgan fingerprint density at radius 2 is 2.18 bits per heavy atom. The number of hydrogen-bond acceptors (Lipinski definition) is 2. The van der Waals surface area contributed by atoms with E-state index in [1.54, 1.807) is 11.3 Å². The second-order valence-electron chi connectivity index (χ2n) is 2.72. The van der Waals surface area contributed by atoms with Gasteiger partial charge in [0, 0.05) is 4.88 Å². The molecular weight excluding hydrogens is 174 g/mol. The van der Waals surface area contributed by atoms with E-state index in [-0.39, 0.29) is 0 Å². The molecule has 1 rings (SSSR count). The molecule has 0 aliphatic heterocycles. The highest BCUT2D eigenvalue weighted by molar-refractivity contribution is 7.81. The Balaban J connectivity index is 2.90. The van der Waals surface area contributed by atoms with Crippen molar-refractivity contribution in [1.29, 1.82) is 0 Å². The molecule has 0 saturated heterocycles. The van der Waals surface area contributed by atoms with Crippen LogP contribution in [0.15, 0.2) is 12.1 Å². The van der Waals surface area contributed by atoms with Crippen molar-refractivity contribution in [3.8, 4) is 0 Å². The molecule has 11 heavy (non-hydrogen) atoms. The topological polar surface area (TPSA) is 26.0 Å². The predicted molar refractivity (Wildman–Crippen MR) is 54.3 cm³/mol. The van der Waals surface area contributed by atoms with Crippen LogP contribution in [0, 0.1) is 0 Å². The fourth-order valence-corrected chi connectivity index (χ4v) is 1.85. The Bertz CT molecular complexity index is 263. The standard InChI is InChI=1S/C8H11NS2/c1-5(2)6-3-4-7(11-6)8(9)10/h3-5H,1-2H3,(H2,9,10). The summed E-state index contributed by atoms with van der Waals surface area (Å²) in [5, 5.41) is 0.